The molecule has 0 aliphatic carbocycles. The third-order valence-electron chi connectivity index (χ3n) is 5.06. The van der Waals surface area contributed by atoms with Gasteiger partial charge in [0.15, 0.2) is 0 Å². The van der Waals surface area contributed by atoms with Gasteiger partial charge in [0.25, 0.3) is 5.91 Å². The zero-order chi connectivity index (χ0) is 21.9. The van der Waals surface area contributed by atoms with Crippen molar-refractivity contribution in [1.82, 2.24) is 14.4 Å². The number of nitrogens with zero attached hydrogens (tertiary/aromatic N) is 3. The highest BCUT2D eigenvalue weighted by atomic mass is 32.1. The van der Waals surface area contributed by atoms with Crippen molar-refractivity contribution in [3.8, 4) is 16.3 Å². The van der Waals surface area contributed by atoms with Crippen LogP contribution in [0.25, 0.3) is 16.2 Å². The lowest BCUT2D eigenvalue weighted by Gasteiger charge is -2.11. The Morgan fingerprint density at radius 3 is 2.72 bits per heavy atom. The second kappa shape index (κ2) is 8.64. The van der Waals surface area contributed by atoms with Crippen LogP contribution >= 0.6 is 11.3 Å². The van der Waals surface area contributed by atoms with Crippen LogP contribution in [0.1, 0.15) is 21.6 Å². The number of nitrogens with one attached hydrogen (secondary N) is 1. The van der Waals surface area contributed by atoms with Gasteiger partial charge in [-0.25, -0.2) is 9.97 Å². The SMILES string of the molecule is Cc1cccn2cc(COc3ccccc3C(=O)Nc3ccc(-c4nccs4)cc3)nc12. The van der Waals surface area contributed by atoms with E-state index in [4.69, 9.17) is 4.74 Å². The smallest absolute Gasteiger partial charge is 0.259 e. The first-order chi connectivity index (χ1) is 15.7. The molecule has 0 spiro atoms. The number of carbonyl (C=O) groups is 1. The standard InChI is InChI=1S/C25H20N4O2S/c1-17-5-4-13-29-15-20(27-23(17)29)16-31-22-7-3-2-6-21(22)24(30)28-19-10-8-18(9-11-19)25-26-12-14-32-25/h2-15H,16H2,1H3,(H,28,30). The molecule has 0 bridgehead atoms. The summed E-state index contributed by atoms with van der Waals surface area (Å²) in [5, 5.41) is 5.83. The van der Waals surface area contributed by atoms with Gasteiger partial charge in [0.1, 0.15) is 23.0 Å². The number of anilines is 1. The Hall–Kier alpha value is -3.97. The summed E-state index contributed by atoms with van der Waals surface area (Å²) in [7, 11) is 0. The average Bonchev–Trinajstić information content (AvgIpc) is 3.49. The van der Waals surface area contributed by atoms with Gasteiger partial charge in [0, 0.05) is 35.2 Å². The summed E-state index contributed by atoms with van der Waals surface area (Å²) in [6.45, 7) is 2.30. The van der Waals surface area contributed by atoms with Gasteiger partial charge in [0.05, 0.1) is 11.3 Å². The summed E-state index contributed by atoms with van der Waals surface area (Å²) >= 11 is 1.58. The summed E-state index contributed by atoms with van der Waals surface area (Å²) in [5.41, 5.74) is 4.99. The molecular formula is C25H20N4O2S. The Kier molecular flexibility index (Phi) is 5.39. The summed E-state index contributed by atoms with van der Waals surface area (Å²) in [4.78, 5) is 21.9. The number of amides is 1. The molecule has 5 aromatic rings. The van der Waals surface area contributed by atoms with E-state index >= 15 is 0 Å². The molecule has 0 unspecified atom stereocenters. The number of fused-ring (bicyclic) bond motifs is 1. The van der Waals surface area contributed by atoms with Gasteiger partial charge in [0.2, 0.25) is 0 Å². The monoisotopic (exact) mass is 440 g/mol. The Morgan fingerprint density at radius 2 is 1.94 bits per heavy atom. The number of pyridine rings is 1. The van der Waals surface area contributed by atoms with Crippen LogP contribution in [0.3, 0.4) is 0 Å². The van der Waals surface area contributed by atoms with Crippen LogP contribution in [0.4, 0.5) is 5.69 Å². The van der Waals surface area contributed by atoms with Gasteiger partial charge in [-0.1, -0.05) is 18.2 Å². The molecule has 6 nitrogen and oxygen atoms in total. The number of aromatic nitrogens is 3. The van der Waals surface area contributed by atoms with E-state index in [0.717, 1.165) is 27.5 Å². The normalized spacial score (nSPS) is 10.9. The minimum Gasteiger partial charge on any atom is -0.486 e. The van der Waals surface area contributed by atoms with E-state index < -0.39 is 0 Å². The predicted octanol–water partition coefficient (Wildman–Crippen LogP) is 5.60. The van der Waals surface area contributed by atoms with Crippen molar-refractivity contribution in [3.63, 3.8) is 0 Å². The molecule has 158 valence electrons. The maximum atomic E-state index is 12.9. The quantitative estimate of drug-likeness (QED) is 0.373. The number of thiazole rings is 1. The van der Waals surface area contributed by atoms with Gasteiger partial charge in [-0.15, -0.1) is 11.3 Å². The van der Waals surface area contributed by atoms with Crippen molar-refractivity contribution in [2.24, 2.45) is 0 Å². The first-order valence-electron chi connectivity index (χ1n) is 10.1. The summed E-state index contributed by atoms with van der Waals surface area (Å²) in [5.74, 6) is 0.284. The highest BCUT2D eigenvalue weighted by Gasteiger charge is 2.14. The minimum absolute atomic E-state index is 0.228. The molecule has 32 heavy (non-hydrogen) atoms. The van der Waals surface area contributed by atoms with Crippen LogP contribution in [0.5, 0.6) is 5.75 Å². The summed E-state index contributed by atoms with van der Waals surface area (Å²) in [6.07, 6.45) is 5.68. The van der Waals surface area contributed by atoms with E-state index in [1.807, 2.05) is 77.6 Å². The van der Waals surface area contributed by atoms with Crippen molar-refractivity contribution in [1.29, 1.82) is 0 Å². The van der Waals surface area contributed by atoms with Crippen LogP contribution < -0.4 is 10.1 Å². The number of benzene rings is 2. The molecule has 3 heterocycles. The summed E-state index contributed by atoms with van der Waals surface area (Å²) < 4.78 is 7.95. The fourth-order valence-corrected chi connectivity index (χ4v) is 4.11. The highest BCUT2D eigenvalue weighted by Crippen LogP contribution is 2.25. The van der Waals surface area contributed by atoms with E-state index in [2.05, 4.69) is 15.3 Å². The molecule has 0 saturated carbocycles. The number of aryl methyl sites for hydroxylation is 1. The Bertz CT molecular complexity index is 1380. The fourth-order valence-electron chi connectivity index (χ4n) is 3.47. The lowest BCUT2D eigenvalue weighted by atomic mass is 10.1. The molecule has 5 rings (SSSR count). The second-order valence-corrected chi connectivity index (χ2v) is 8.20. The van der Waals surface area contributed by atoms with Gasteiger partial charge < -0.3 is 14.5 Å². The molecule has 2 aromatic carbocycles. The first-order valence-corrected chi connectivity index (χ1v) is 11.0. The molecule has 0 radical (unpaired) electrons. The molecule has 7 heteroatoms. The number of ether oxygens (including phenoxy) is 1. The molecule has 0 aliphatic rings. The van der Waals surface area contributed by atoms with Crippen LogP contribution in [0.2, 0.25) is 0 Å². The van der Waals surface area contributed by atoms with Gasteiger partial charge >= 0.3 is 0 Å². The van der Waals surface area contributed by atoms with Crippen LogP contribution in [0.15, 0.2) is 84.6 Å². The lowest BCUT2D eigenvalue weighted by molar-refractivity contribution is 0.102. The molecule has 0 aliphatic heterocycles. The minimum atomic E-state index is -0.228. The van der Waals surface area contributed by atoms with Gasteiger partial charge in [-0.3, -0.25) is 4.79 Å². The zero-order valence-corrected chi connectivity index (χ0v) is 18.2. The van der Waals surface area contributed by atoms with E-state index in [0.29, 0.717) is 17.0 Å². The molecule has 1 amide bonds. The molecule has 3 aromatic heterocycles. The van der Waals surface area contributed by atoms with Gasteiger partial charge in [-0.2, -0.15) is 0 Å². The van der Waals surface area contributed by atoms with E-state index in [-0.39, 0.29) is 12.5 Å². The van der Waals surface area contributed by atoms with Crippen molar-refractivity contribution >= 4 is 28.6 Å². The number of hydrogen-bond donors (Lipinski definition) is 1. The second-order valence-electron chi connectivity index (χ2n) is 7.31. The topological polar surface area (TPSA) is 68.5 Å². The molecule has 0 saturated heterocycles. The number of carbonyl (C=O) groups excluding carboxylic acids is 1. The number of imidazole rings is 1. The average molecular weight is 441 g/mol. The molecule has 0 atom stereocenters. The molecule has 0 fully saturated rings. The van der Waals surface area contributed by atoms with E-state index in [1.165, 1.54) is 0 Å². The third-order valence-corrected chi connectivity index (χ3v) is 5.88. The predicted molar refractivity (Wildman–Crippen MR) is 126 cm³/mol. The first kappa shape index (κ1) is 20.0. The molecular weight excluding hydrogens is 420 g/mol. The van der Waals surface area contributed by atoms with Crippen LogP contribution in [-0.2, 0) is 6.61 Å². The Labute approximate surface area is 189 Å². The third kappa shape index (κ3) is 4.10. The van der Waals surface area contributed by atoms with E-state index in [9.17, 15) is 4.79 Å². The number of hydrogen-bond acceptors (Lipinski definition) is 5. The largest absolute Gasteiger partial charge is 0.486 e. The maximum Gasteiger partial charge on any atom is 0.259 e. The highest BCUT2D eigenvalue weighted by molar-refractivity contribution is 7.13. The van der Waals surface area contributed by atoms with Crippen molar-refractivity contribution in [3.05, 3.63) is 101 Å². The molecule has 1 N–H and O–H groups in total. The lowest BCUT2D eigenvalue weighted by Crippen LogP contribution is -2.13. The van der Waals surface area contributed by atoms with Crippen molar-refractivity contribution < 1.29 is 9.53 Å². The maximum absolute atomic E-state index is 12.9. The van der Waals surface area contributed by atoms with E-state index in [1.54, 1.807) is 29.7 Å². The number of rotatable bonds is 6. The van der Waals surface area contributed by atoms with Crippen LogP contribution in [0, 0.1) is 6.92 Å². The van der Waals surface area contributed by atoms with Gasteiger partial charge in [-0.05, 0) is 55.0 Å². The Balaban J connectivity index is 1.30. The van der Waals surface area contributed by atoms with Crippen molar-refractivity contribution in [2.75, 3.05) is 5.32 Å². The van der Waals surface area contributed by atoms with Crippen LogP contribution in [-0.4, -0.2) is 20.3 Å². The Morgan fingerprint density at radius 1 is 1.09 bits per heavy atom. The zero-order valence-electron chi connectivity index (χ0n) is 17.4. The van der Waals surface area contributed by atoms with Crippen molar-refractivity contribution in [2.45, 2.75) is 13.5 Å². The fraction of sp³-hybridized carbons (Fsp3) is 0.0800. The number of para-hydroxylation sites is 1. The summed E-state index contributed by atoms with van der Waals surface area (Å²) in [6, 6.07) is 18.9.